The van der Waals surface area contributed by atoms with Gasteiger partial charge in [0.2, 0.25) is 0 Å². The highest BCUT2D eigenvalue weighted by atomic mass is 79.9. The van der Waals surface area contributed by atoms with Crippen molar-refractivity contribution < 1.29 is 19.0 Å². The Kier molecular flexibility index (Phi) is 9.63. The number of nitrogens with zero attached hydrogens (tertiary/aromatic N) is 2. The molecule has 2 aromatic carbocycles. The fourth-order valence-corrected chi connectivity index (χ4v) is 6.29. The molecule has 1 aromatic heterocycles. The van der Waals surface area contributed by atoms with Crippen LogP contribution in [-0.4, -0.2) is 30.9 Å². The second kappa shape index (κ2) is 12.9. The van der Waals surface area contributed by atoms with E-state index in [1.807, 2.05) is 43.3 Å². The number of fused-ring (bicyclic) bond motifs is 1. The minimum absolute atomic E-state index is 0.210. The smallest absolute Gasteiger partial charge is 0.338 e. The van der Waals surface area contributed by atoms with Crippen LogP contribution in [0.3, 0.4) is 0 Å². The first-order chi connectivity index (χ1) is 18.8. The van der Waals surface area contributed by atoms with Crippen molar-refractivity contribution in [3.8, 4) is 11.5 Å². The van der Waals surface area contributed by atoms with Gasteiger partial charge in [-0.1, -0.05) is 59.3 Å². The number of hydrogen-bond donors (Lipinski definition) is 0. The number of hydrogen-bond acceptors (Lipinski definition) is 7. The van der Waals surface area contributed by atoms with E-state index in [-0.39, 0.29) is 12.2 Å². The molecule has 0 spiro atoms. The molecule has 0 fully saturated rings. The number of benzene rings is 2. The predicted octanol–water partition coefficient (Wildman–Crippen LogP) is 5.68. The Hall–Kier alpha value is -2.95. The largest absolute Gasteiger partial charge is 0.496 e. The molecule has 204 valence electrons. The molecule has 0 N–H and O–H groups in total. The molecular weight excluding hydrogens is 648 g/mol. The van der Waals surface area contributed by atoms with Crippen molar-refractivity contribution in [2.24, 2.45) is 4.99 Å². The van der Waals surface area contributed by atoms with E-state index in [0.29, 0.717) is 49.6 Å². The summed E-state index contributed by atoms with van der Waals surface area (Å²) < 4.78 is 20.3. The Morgan fingerprint density at radius 3 is 2.62 bits per heavy atom. The summed E-state index contributed by atoms with van der Waals surface area (Å²) in [7, 11) is 1.58. The summed E-state index contributed by atoms with van der Waals surface area (Å²) in [6.45, 7) is 8.04. The Morgan fingerprint density at radius 2 is 1.95 bits per heavy atom. The topological polar surface area (TPSA) is 79.1 Å². The molecule has 10 heteroatoms. The first-order valence-electron chi connectivity index (χ1n) is 12.4. The lowest BCUT2D eigenvalue weighted by Gasteiger charge is -2.26. The summed E-state index contributed by atoms with van der Waals surface area (Å²) in [6.07, 6.45) is 4.80. The van der Waals surface area contributed by atoms with Gasteiger partial charge in [0, 0.05) is 10.0 Å². The first-order valence-corrected chi connectivity index (χ1v) is 14.8. The van der Waals surface area contributed by atoms with Crippen LogP contribution in [0.1, 0.15) is 43.9 Å². The van der Waals surface area contributed by atoms with Gasteiger partial charge in [0.15, 0.2) is 4.80 Å². The van der Waals surface area contributed by atoms with Crippen molar-refractivity contribution in [3.05, 3.63) is 100 Å². The molecule has 1 aliphatic heterocycles. The molecule has 4 rings (SSSR count). The average Bonchev–Trinajstić information content (AvgIpc) is 3.22. The molecule has 7 nitrogen and oxygen atoms in total. The standard InChI is InChI=1S/C29H28Br2N2O5S/c1-5-8-21-25(28(35)37-7-3)26(17-9-11-23(36-4)20(31)15-17)33-27(34)24(39-29(33)32-21)16-18-14-19(30)10-12-22(18)38-13-6-2/h6,9-12,14-16,26H,2,5,7-8,13H2,1,3-4H3/b24-16-/t26-/m0/s1. The molecule has 2 heterocycles. The highest BCUT2D eigenvalue weighted by Crippen LogP contribution is 2.36. The summed E-state index contributed by atoms with van der Waals surface area (Å²) in [6, 6.07) is 10.4. The van der Waals surface area contributed by atoms with E-state index < -0.39 is 12.0 Å². The fraction of sp³-hybridized carbons (Fsp3) is 0.276. The van der Waals surface area contributed by atoms with Crippen molar-refractivity contribution in [1.29, 1.82) is 0 Å². The van der Waals surface area contributed by atoms with Crippen LogP contribution in [0.15, 0.2) is 79.1 Å². The van der Waals surface area contributed by atoms with E-state index in [9.17, 15) is 9.59 Å². The maximum absolute atomic E-state index is 14.0. The Bertz CT molecular complexity index is 1620. The lowest BCUT2D eigenvalue weighted by molar-refractivity contribution is -0.139. The molecule has 3 aromatic rings. The third-order valence-corrected chi connectivity index (χ3v) is 8.09. The summed E-state index contributed by atoms with van der Waals surface area (Å²) in [5.41, 5.74) is 2.20. The third kappa shape index (κ3) is 6.13. The van der Waals surface area contributed by atoms with Crippen molar-refractivity contribution >= 4 is 55.2 Å². The molecule has 0 unspecified atom stereocenters. The van der Waals surface area contributed by atoms with Crippen molar-refractivity contribution in [2.75, 3.05) is 20.3 Å². The van der Waals surface area contributed by atoms with Crippen LogP contribution in [0.4, 0.5) is 0 Å². The molecule has 0 amide bonds. The summed E-state index contributed by atoms with van der Waals surface area (Å²) in [5.74, 6) is 0.782. The van der Waals surface area contributed by atoms with Crippen molar-refractivity contribution in [2.45, 2.75) is 32.7 Å². The molecule has 0 radical (unpaired) electrons. The van der Waals surface area contributed by atoms with Crippen LogP contribution in [0.2, 0.25) is 0 Å². The zero-order chi connectivity index (χ0) is 28.1. The van der Waals surface area contributed by atoms with E-state index in [4.69, 9.17) is 19.2 Å². The van der Waals surface area contributed by atoms with Gasteiger partial charge in [0.25, 0.3) is 5.56 Å². The molecular formula is C29H28Br2N2O5S. The molecule has 0 aliphatic carbocycles. The molecule has 0 saturated heterocycles. The quantitative estimate of drug-likeness (QED) is 0.204. The Balaban J connectivity index is 2.00. The van der Waals surface area contributed by atoms with Crippen LogP contribution in [0.25, 0.3) is 6.08 Å². The SMILES string of the molecule is C=CCOc1ccc(Br)cc1/C=c1\sc2n(c1=O)[C@@H](c1ccc(OC)c(Br)c1)C(C(=O)OCC)=C(CCC)N=2. The summed E-state index contributed by atoms with van der Waals surface area (Å²) >= 11 is 8.34. The van der Waals surface area contributed by atoms with Gasteiger partial charge in [-0.2, -0.15) is 0 Å². The predicted molar refractivity (Wildman–Crippen MR) is 160 cm³/mol. The van der Waals surface area contributed by atoms with Gasteiger partial charge < -0.3 is 14.2 Å². The Labute approximate surface area is 247 Å². The van der Waals surface area contributed by atoms with E-state index >= 15 is 0 Å². The van der Waals surface area contributed by atoms with Gasteiger partial charge in [-0.3, -0.25) is 9.36 Å². The second-order valence-corrected chi connectivity index (χ2v) is 11.4. The second-order valence-electron chi connectivity index (χ2n) is 8.59. The van der Waals surface area contributed by atoms with E-state index in [1.54, 1.807) is 30.8 Å². The summed E-state index contributed by atoms with van der Waals surface area (Å²) in [5, 5.41) is 0. The number of aromatic nitrogens is 1. The zero-order valence-corrected chi connectivity index (χ0v) is 25.8. The molecule has 1 aliphatic rings. The van der Waals surface area contributed by atoms with Crippen LogP contribution in [-0.2, 0) is 9.53 Å². The highest BCUT2D eigenvalue weighted by Gasteiger charge is 2.34. The van der Waals surface area contributed by atoms with Gasteiger partial charge in [-0.05, 0) is 71.2 Å². The van der Waals surface area contributed by atoms with Crippen LogP contribution >= 0.6 is 43.2 Å². The number of carbonyl (C=O) groups excluding carboxylic acids is 1. The maximum atomic E-state index is 14.0. The lowest BCUT2D eigenvalue weighted by Crippen LogP contribution is -2.40. The minimum atomic E-state index is -0.717. The number of rotatable bonds is 10. The number of ether oxygens (including phenoxy) is 3. The normalized spacial score (nSPS) is 15.0. The van der Waals surface area contributed by atoms with Gasteiger partial charge >= 0.3 is 5.97 Å². The Morgan fingerprint density at radius 1 is 1.18 bits per heavy atom. The number of carbonyl (C=O) groups is 1. The van der Waals surface area contributed by atoms with Crippen LogP contribution in [0, 0.1) is 0 Å². The van der Waals surface area contributed by atoms with Crippen LogP contribution in [0.5, 0.6) is 11.5 Å². The third-order valence-electron chi connectivity index (χ3n) is 6.00. The fourth-order valence-electron chi connectivity index (χ4n) is 4.34. The van der Waals surface area contributed by atoms with E-state index in [0.717, 1.165) is 22.0 Å². The lowest BCUT2D eigenvalue weighted by atomic mass is 9.94. The van der Waals surface area contributed by atoms with Crippen molar-refractivity contribution in [1.82, 2.24) is 4.57 Å². The van der Waals surface area contributed by atoms with Gasteiger partial charge in [0.05, 0.1) is 40.0 Å². The number of halogens is 2. The zero-order valence-electron chi connectivity index (χ0n) is 21.8. The van der Waals surface area contributed by atoms with Crippen molar-refractivity contribution in [3.63, 3.8) is 0 Å². The minimum Gasteiger partial charge on any atom is -0.496 e. The molecule has 1 atom stereocenters. The first kappa shape index (κ1) is 29.0. The molecule has 39 heavy (non-hydrogen) atoms. The van der Waals surface area contributed by atoms with Gasteiger partial charge in [0.1, 0.15) is 18.1 Å². The average molecular weight is 676 g/mol. The molecule has 0 bridgehead atoms. The highest BCUT2D eigenvalue weighted by molar-refractivity contribution is 9.10. The number of methoxy groups -OCH3 is 1. The van der Waals surface area contributed by atoms with E-state index in [2.05, 4.69) is 38.4 Å². The van der Waals surface area contributed by atoms with Gasteiger partial charge in [-0.15, -0.1) is 0 Å². The number of esters is 1. The number of allylic oxidation sites excluding steroid dienone is 1. The molecule has 0 saturated carbocycles. The van der Waals surface area contributed by atoms with Crippen LogP contribution < -0.4 is 24.4 Å². The number of thiazole rings is 1. The van der Waals surface area contributed by atoms with Gasteiger partial charge in [-0.25, -0.2) is 9.79 Å². The summed E-state index contributed by atoms with van der Waals surface area (Å²) in [4.78, 5) is 32.7. The maximum Gasteiger partial charge on any atom is 0.338 e. The van der Waals surface area contributed by atoms with E-state index in [1.165, 1.54) is 11.3 Å². The monoisotopic (exact) mass is 674 g/mol.